The Morgan fingerprint density at radius 2 is 1.63 bits per heavy atom. The molecule has 2 aromatic carbocycles. The number of amides is 1. The molecule has 6 nitrogen and oxygen atoms in total. The molecule has 1 fully saturated rings. The molecular formula is C29H35N3O3. The third kappa shape index (κ3) is 5.47. The lowest BCUT2D eigenvalue weighted by Gasteiger charge is -2.32. The number of ether oxygens (including phenoxy) is 1. The topological polar surface area (TPSA) is 64.4 Å². The van der Waals surface area contributed by atoms with E-state index in [-0.39, 0.29) is 24.5 Å². The molecule has 4 rings (SSSR count). The molecule has 1 aromatic heterocycles. The van der Waals surface area contributed by atoms with Gasteiger partial charge in [-0.05, 0) is 75.6 Å². The fourth-order valence-corrected chi connectivity index (χ4v) is 4.77. The van der Waals surface area contributed by atoms with E-state index in [4.69, 9.17) is 9.84 Å². The average molecular weight is 474 g/mol. The molecule has 1 aliphatic carbocycles. The van der Waals surface area contributed by atoms with Gasteiger partial charge in [0, 0.05) is 18.2 Å². The number of carbonyl (C=O) groups is 2. The lowest BCUT2D eigenvalue weighted by Crippen LogP contribution is -2.43. The summed E-state index contributed by atoms with van der Waals surface area (Å²) in [5, 5.41) is 4.76. The third-order valence-electron chi connectivity index (χ3n) is 6.78. The monoisotopic (exact) mass is 473 g/mol. The minimum absolute atomic E-state index is 0.0426. The van der Waals surface area contributed by atoms with Crippen LogP contribution in [0.4, 0.5) is 5.82 Å². The van der Waals surface area contributed by atoms with Crippen LogP contribution in [0.2, 0.25) is 0 Å². The summed E-state index contributed by atoms with van der Waals surface area (Å²) < 4.78 is 7.00. The number of aromatic nitrogens is 2. The van der Waals surface area contributed by atoms with Crippen LogP contribution in [-0.4, -0.2) is 34.3 Å². The van der Waals surface area contributed by atoms with Gasteiger partial charge in [-0.25, -0.2) is 9.48 Å². The molecule has 1 saturated carbocycles. The summed E-state index contributed by atoms with van der Waals surface area (Å²) >= 11 is 0. The number of carbonyl (C=O) groups excluding carboxylic acids is 2. The number of nitrogens with zero attached hydrogens (tertiary/aromatic N) is 3. The van der Waals surface area contributed by atoms with Gasteiger partial charge in [0.05, 0.1) is 12.3 Å². The van der Waals surface area contributed by atoms with Crippen LogP contribution in [0, 0.1) is 11.8 Å². The third-order valence-corrected chi connectivity index (χ3v) is 6.78. The van der Waals surface area contributed by atoms with Crippen molar-refractivity contribution >= 4 is 17.7 Å². The Morgan fingerprint density at radius 3 is 2.23 bits per heavy atom. The molecule has 35 heavy (non-hydrogen) atoms. The van der Waals surface area contributed by atoms with Crippen molar-refractivity contribution in [2.75, 3.05) is 11.5 Å². The molecule has 3 aromatic rings. The SMILES string of the molecule is CCOC(=O)c1cn(-c2ccc(-c3ccccc3)cc2)nc1N(C(=O)C1CCC(C)CC1)C(C)C. The number of anilines is 1. The van der Waals surface area contributed by atoms with E-state index in [1.54, 1.807) is 22.7 Å². The highest BCUT2D eigenvalue weighted by Crippen LogP contribution is 2.33. The predicted octanol–water partition coefficient (Wildman–Crippen LogP) is 6.28. The van der Waals surface area contributed by atoms with Gasteiger partial charge in [-0.3, -0.25) is 9.69 Å². The Labute approximate surface area is 207 Å². The zero-order chi connectivity index (χ0) is 24.9. The van der Waals surface area contributed by atoms with Crippen molar-refractivity contribution in [1.29, 1.82) is 0 Å². The molecule has 0 N–H and O–H groups in total. The van der Waals surface area contributed by atoms with Crippen molar-refractivity contribution in [2.24, 2.45) is 11.8 Å². The van der Waals surface area contributed by atoms with Crippen LogP contribution in [0.25, 0.3) is 16.8 Å². The second-order valence-corrected chi connectivity index (χ2v) is 9.70. The minimum atomic E-state index is -0.467. The summed E-state index contributed by atoms with van der Waals surface area (Å²) in [5.41, 5.74) is 3.35. The molecule has 0 bridgehead atoms. The quantitative estimate of drug-likeness (QED) is 0.379. The first-order valence-corrected chi connectivity index (χ1v) is 12.6. The number of esters is 1. The Balaban J connectivity index is 1.70. The van der Waals surface area contributed by atoms with Gasteiger partial charge in [-0.15, -0.1) is 5.10 Å². The number of hydrogen-bond donors (Lipinski definition) is 0. The lowest BCUT2D eigenvalue weighted by molar-refractivity contribution is -0.124. The normalized spacial score (nSPS) is 17.9. The zero-order valence-corrected chi connectivity index (χ0v) is 21.1. The van der Waals surface area contributed by atoms with Crippen LogP contribution >= 0.6 is 0 Å². The summed E-state index contributed by atoms with van der Waals surface area (Å²) in [7, 11) is 0. The van der Waals surface area contributed by atoms with Crippen molar-refractivity contribution in [3.63, 3.8) is 0 Å². The van der Waals surface area contributed by atoms with Crippen LogP contribution in [0.1, 0.15) is 63.7 Å². The largest absolute Gasteiger partial charge is 0.462 e. The highest BCUT2D eigenvalue weighted by Gasteiger charge is 2.34. The van der Waals surface area contributed by atoms with Crippen LogP contribution in [-0.2, 0) is 9.53 Å². The highest BCUT2D eigenvalue weighted by atomic mass is 16.5. The van der Waals surface area contributed by atoms with E-state index in [9.17, 15) is 9.59 Å². The first-order valence-electron chi connectivity index (χ1n) is 12.6. The van der Waals surface area contributed by atoms with Gasteiger partial charge in [0.15, 0.2) is 5.82 Å². The van der Waals surface area contributed by atoms with Crippen LogP contribution in [0.3, 0.4) is 0 Å². The Morgan fingerprint density at radius 1 is 1.00 bits per heavy atom. The second-order valence-electron chi connectivity index (χ2n) is 9.70. The summed E-state index contributed by atoms with van der Waals surface area (Å²) in [6, 6.07) is 18.0. The maximum absolute atomic E-state index is 13.7. The molecule has 0 spiro atoms. The molecule has 1 heterocycles. The second kappa shape index (κ2) is 10.9. The summed E-state index contributed by atoms with van der Waals surface area (Å²) in [6.07, 6.45) is 5.53. The molecule has 1 amide bonds. The Bertz CT molecular complexity index is 1140. The van der Waals surface area contributed by atoms with Gasteiger partial charge >= 0.3 is 5.97 Å². The minimum Gasteiger partial charge on any atom is -0.462 e. The molecule has 6 heteroatoms. The van der Waals surface area contributed by atoms with Gasteiger partial charge in [0.1, 0.15) is 5.56 Å². The maximum Gasteiger partial charge on any atom is 0.343 e. The zero-order valence-electron chi connectivity index (χ0n) is 21.1. The van der Waals surface area contributed by atoms with E-state index >= 15 is 0 Å². The fraction of sp³-hybridized carbons (Fsp3) is 0.414. The van der Waals surface area contributed by atoms with Crippen molar-refractivity contribution in [3.05, 3.63) is 66.4 Å². The van der Waals surface area contributed by atoms with Gasteiger partial charge in [0.2, 0.25) is 5.91 Å². The molecular weight excluding hydrogens is 438 g/mol. The average Bonchev–Trinajstić information content (AvgIpc) is 3.30. The first kappa shape index (κ1) is 24.7. The fourth-order valence-electron chi connectivity index (χ4n) is 4.77. The van der Waals surface area contributed by atoms with Gasteiger partial charge in [-0.2, -0.15) is 0 Å². The number of benzene rings is 2. The van der Waals surface area contributed by atoms with E-state index in [1.165, 1.54) is 0 Å². The smallest absolute Gasteiger partial charge is 0.343 e. The van der Waals surface area contributed by atoms with Crippen LogP contribution in [0.15, 0.2) is 60.8 Å². The Kier molecular flexibility index (Phi) is 7.69. The van der Waals surface area contributed by atoms with Crippen molar-refractivity contribution < 1.29 is 14.3 Å². The van der Waals surface area contributed by atoms with Crippen LogP contribution < -0.4 is 4.90 Å². The van der Waals surface area contributed by atoms with Gasteiger partial charge in [0.25, 0.3) is 0 Å². The summed E-state index contributed by atoms with van der Waals surface area (Å²) in [5.74, 6) is 0.556. The van der Waals surface area contributed by atoms with E-state index in [0.717, 1.165) is 42.5 Å². The van der Waals surface area contributed by atoms with E-state index in [0.29, 0.717) is 17.3 Å². The van der Waals surface area contributed by atoms with Crippen molar-refractivity contribution in [2.45, 2.75) is 59.4 Å². The summed E-state index contributed by atoms with van der Waals surface area (Å²) in [6.45, 7) is 8.20. The van der Waals surface area contributed by atoms with Gasteiger partial charge in [-0.1, -0.05) is 49.4 Å². The first-order chi connectivity index (χ1) is 16.9. The molecule has 0 radical (unpaired) electrons. The molecule has 0 saturated heterocycles. The van der Waals surface area contributed by atoms with E-state index in [2.05, 4.69) is 19.1 Å². The van der Waals surface area contributed by atoms with E-state index < -0.39 is 5.97 Å². The van der Waals surface area contributed by atoms with Crippen molar-refractivity contribution in [3.8, 4) is 16.8 Å². The molecule has 184 valence electrons. The lowest BCUT2D eigenvalue weighted by atomic mass is 9.82. The molecule has 0 unspecified atom stereocenters. The molecule has 1 aliphatic rings. The summed E-state index contributed by atoms with van der Waals surface area (Å²) in [4.78, 5) is 28.3. The maximum atomic E-state index is 13.7. The number of rotatable bonds is 7. The predicted molar refractivity (Wildman–Crippen MR) is 139 cm³/mol. The van der Waals surface area contributed by atoms with E-state index in [1.807, 2.05) is 56.3 Å². The van der Waals surface area contributed by atoms with Gasteiger partial charge < -0.3 is 4.74 Å². The van der Waals surface area contributed by atoms with Crippen LogP contribution in [0.5, 0.6) is 0 Å². The molecule has 0 aliphatic heterocycles. The highest BCUT2D eigenvalue weighted by molar-refractivity contribution is 6.02. The van der Waals surface area contributed by atoms with Crippen molar-refractivity contribution in [1.82, 2.24) is 9.78 Å². The molecule has 0 atom stereocenters. The number of hydrogen-bond acceptors (Lipinski definition) is 4. The standard InChI is InChI=1S/C29H35N3O3/c1-5-35-29(34)26-19-31(25-17-15-23(16-18-25)22-9-7-6-8-10-22)30-27(26)32(20(2)3)28(33)24-13-11-21(4)12-14-24/h6-10,15-21,24H,5,11-14H2,1-4H3. The Hall–Kier alpha value is -3.41.